The number of aromatic nitrogens is 1. The van der Waals surface area contributed by atoms with Crippen molar-refractivity contribution in [2.45, 2.75) is 25.9 Å². The van der Waals surface area contributed by atoms with Gasteiger partial charge in [-0.3, -0.25) is 4.90 Å². The van der Waals surface area contributed by atoms with Crippen LogP contribution in [0.3, 0.4) is 0 Å². The molecule has 3 heterocycles. The third kappa shape index (κ3) is 3.08. The second kappa shape index (κ2) is 6.74. The lowest BCUT2D eigenvalue weighted by Gasteiger charge is -2.21. The van der Waals surface area contributed by atoms with Crippen molar-refractivity contribution < 1.29 is 0 Å². The number of nitrogens with zero attached hydrogens (tertiary/aromatic N) is 3. The molecule has 3 N–H and O–H groups in total. The highest BCUT2D eigenvalue weighted by atomic mass is 15.3. The summed E-state index contributed by atoms with van der Waals surface area (Å²) in [5.41, 5.74) is 12.0. The molecule has 2 aliphatic heterocycles. The summed E-state index contributed by atoms with van der Waals surface area (Å²) in [6.45, 7) is 5.13. The fraction of sp³-hybridized carbons (Fsp3) is 0.318. The van der Waals surface area contributed by atoms with E-state index in [0.29, 0.717) is 5.82 Å². The van der Waals surface area contributed by atoms with Crippen molar-refractivity contribution in [1.29, 1.82) is 0 Å². The Hall–Kier alpha value is -2.79. The largest absolute Gasteiger partial charge is 0.382 e. The van der Waals surface area contributed by atoms with Crippen molar-refractivity contribution >= 4 is 28.1 Å². The van der Waals surface area contributed by atoms with Gasteiger partial charge >= 0.3 is 0 Å². The van der Waals surface area contributed by atoms with Crippen LogP contribution in [0, 0.1) is 0 Å². The standard InChI is InChI=1S/C22H25N5/c23-22-20-21(18-8-1-2-9-19(18)25-22)27(15-24-20)14-17-7-5-6-16(12-17)13-26-10-3-4-11-26/h1-2,5-9,12,24H,3-4,10-11,13-15H2,(H2,23,25). The quantitative estimate of drug-likeness (QED) is 0.742. The number of fused-ring (bicyclic) bond motifs is 3. The zero-order chi connectivity index (χ0) is 18.2. The van der Waals surface area contributed by atoms with Gasteiger partial charge in [0.2, 0.25) is 0 Å². The predicted molar refractivity (Wildman–Crippen MR) is 112 cm³/mol. The molecule has 138 valence electrons. The minimum atomic E-state index is 0.578. The summed E-state index contributed by atoms with van der Waals surface area (Å²) in [6.07, 6.45) is 2.66. The molecule has 1 saturated heterocycles. The van der Waals surface area contributed by atoms with Gasteiger partial charge in [0.25, 0.3) is 0 Å². The molecule has 0 spiro atoms. The fourth-order valence-corrected chi connectivity index (χ4v) is 4.35. The van der Waals surface area contributed by atoms with Crippen LogP contribution in [0.2, 0.25) is 0 Å². The molecular weight excluding hydrogens is 334 g/mol. The first kappa shape index (κ1) is 16.4. The van der Waals surface area contributed by atoms with Gasteiger partial charge in [-0.15, -0.1) is 0 Å². The van der Waals surface area contributed by atoms with E-state index in [1.54, 1.807) is 0 Å². The number of hydrogen-bond donors (Lipinski definition) is 2. The van der Waals surface area contributed by atoms with E-state index < -0.39 is 0 Å². The number of pyridine rings is 1. The van der Waals surface area contributed by atoms with Gasteiger partial charge in [0.1, 0.15) is 11.5 Å². The molecular formula is C22H25N5. The summed E-state index contributed by atoms with van der Waals surface area (Å²) in [5, 5.41) is 4.59. The number of benzene rings is 2. The zero-order valence-corrected chi connectivity index (χ0v) is 15.5. The SMILES string of the molecule is Nc1nc2ccccc2c2c1NCN2Cc1cccc(CN2CCCC2)c1. The van der Waals surface area contributed by atoms with E-state index in [0.717, 1.165) is 36.3 Å². The van der Waals surface area contributed by atoms with E-state index >= 15 is 0 Å². The Morgan fingerprint density at radius 3 is 2.59 bits per heavy atom. The molecule has 27 heavy (non-hydrogen) atoms. The summed E-state index contributed by atoms with van der Waals surface area (Å²) < 4.78 is 0. The number of hydrogen-bond acceptors (Lipinski definition) is 5. The van der Waals surface area contributed by atoms with Crippen LogP contribution in [0.4, 0.5) is 17.2 Å². The lowest BCUT2D eigenvalue weighted by atomic mass is 10.1. The van der Waals surface area contributed by atoms with E-state index in [1.807, 2.05) is 12.1 Å². The van der Waals surface area contributed by atoms with Crippen LogP contribution < -0.4 is 16.0 Å². The third-order valence-electron chi connectivity index (χ3n) is 5.63. The monoisotopic (exact) mass is 359 g/mol. The van der Waals surface area contributed by atoms with Crippen LogP contribution in [-0.2, 0) is 13.1 Å². The molecule has 0 amide bonds. The molecule has 0 unspecified atom stereocenters. The Balaban J connectivity index is 1.43. The average molecular weight is 359 g/mol. The zero-order valence-electron chi connectivity index (χ0n) is 15.5. The van der Waals surface area contributed by atoms with Gasteiger partial charge in [-0.2, -0.15) is 0 Å². The second-order valence-electron chi connectivity index (χ2n) is 7.57. The maximum atomic E-state index is 6.20. The summed E-state index contributed by atoms with van der Waals surface area (Å²) in [5.74, 6) is 0.578. The first-order chi connectivity index (χ1) is 13.3. The van der Waals surface area contributed by atoms with Crippen molar-refractivity contribution in [3.05, 3.63) is 59.7 Å². The van der Waals surface area contributed by atoms with Crippen LogP contribution in [0.25, 0.3) is 10.9 Å². The molecule has 0 atom stereocenters. The minimum absolute atomic E-state index is 0.578. The number of anilines is 3. The Morgan fingerprint density at radius 2 is 1.74 bits per heavy atom. The minimum Gasteiger partial charge on any atom is -0.382 e. The lowest BCUT2D eigenvalue weighted by molar-refractivity contribution is 0.331. The molecule has 3 aromatic rings. The van der Waals surface area contributed by atoms with E-state index in [9.17, 15) is 0 Å². The van der Waals surface area contributed by atoms with Crippen molar-refractivity contribution in [3.8, 4) is 0 Å². The van der Waals surface area contributed by atoms with Gasteiger partial charge in [-0.25, -0.2) is 4.98 Å². The fourth-order valence-electron chi connectivity index (χ4n) is 4.35. The van der Waals surface area contributed by atoms with Gasteiger partial charge in [0.05, 0.1) is 17.9 Å². The van der Waals surface area contributed by atoms with Crippen molar-refractivity contribution in [2.75, 3.05) is 35.7 Å². The third-order valence-corrected chi connectivity index (χ3v) is 5.63. The van der Waals surface area contributed by atoms with Crippen LogP contribution in [-0.4, -0.2) is 29.6 Å². The van der Waals surface area contributed by atoms with Crippen LogP contribution in [0.15, 0.2) is 48.5 Å². The average Bonchev–Trinajstić information content (AvgIpc) is 3.33. The van der Waals surface area contributed by atoms with Crippen molar-refractivity contribution in [2.24, 2.45) is 0 Å². The van der Waals surface area contributed by atoms with Crippen molar-refractivity contribution in [1.82, 2.24) is 9.88 Å². The Bertz CT molecular complexity index is 978. The van der Waals surface area contributed by atoms with E-state index in [1.165, 1.54) is 42.7 Å². The van der Waals surface area contributed by atoms with E-state index in [2.05, 4.69) is 56.5 Å². The van der Waals surface area contributed by atoms with Gasteiger partial charge in [-0.1, -0.05) is 42.5 Å². The first-order valence-electron chi connectivity index (χ1n) is 9.75. The highest BCUT2D eigenvalue weighted by molar-refractivity contribution is 6.03. The molecule has 0 saturated carbocycles. The molecule has 2 aliphatic rings. The van der Waals surface area contributed by atoms with E-state index in [-0.39, 0.29) is 0 Å². The molecule has 5 nitrogen and oxygen atoms in total. The molecule has 2 aromatic carbocycles. The van der Waals surface area contributed by atoms with Crippen LogP contribution in [0.5, 0.6) is 0 Å². The van der Waals surface area contributed by atoms with Gasteiger partial charge in [0.15, 0.2) is 0 Å². The molecule has 5 rings (SSSR count). The Morgan fingerprint density at radius 1 is 0.963 bits per heavy atom. The number of nitrogen functional groups attached to an aromatic ring is 1. The van der Waals surface area contributed by atoms with Gasteiger partial charge < -0.3 is 16.0 Å². The summed E-state index contributed by atoms with van der Waals surface area (Å²) in [7, 11) is 0. The number of para-hydroxylation sites is 1. The van der Waals surface area contributed by atoms with Gasteiger partial charge in [0, 0.05) is 18.5 Å². The first-order valence-corrected chi connectivity index (χ1v) is 9.75. The smallest absolute Gasteiger partial charge is 0.149 e. The Kier molecular flexibility index (Phi) is 4.09. The normalized spacial score (nSPS) is 16.7. The maximum Gasteiger partial charge on any atom is 0.149 e. The Labute approximate surface area is 159 Å². The molecule has 0 bridgehead atoms. The van der Waals surface area contributed by atoms with E-state index in [4.69, 9.17) is 5.73 Å². The topological polar surface area (TPSA) is 57.4 Å². The second-order valence-corrected chi connectivity index (χ2v) is 7.57. The lowest BCUT2D eigenvalue weighted by Crippen LogP contribution is -2.22. The highest BCUT2D eigenvalue weighted by Crippen LogP contribution is 2.41. The van der Waals surface area contributed by atoms with Crippen LogP contribution in [0.1, 0.15) is 24.0 Å². The number of nitrogens with two attached hydrogens (primary N) is 1. The summed E-state index contributed by atoms with van der Waals surface area (Å²) in [4.78, 5) is 9.46. The maximum absolute atomic E-state index is 6.20. The number of rotatable bonds is 4. The van der Waals surface area contributed by atoms with Crippen molar-refractivity contribution in [3.63, 3.8) is 0 Å². The summed E-state index contributed by atoms with van der Waals surface area (Å²) >= 11 is 0. The highest BCUT2D eigenvalue weighted by Gasteiger charge is 2.24. The van der Waals surface area contributed by atoms with Gasteiger partial charge in [-0.05, 0) is 43.1 Å². The predicted octanol–water partition coefficient (Wildman–Crippen LogP) is 3.80. The summed E-state index contributed by atoms with van der Waals surface area (Å²) in [6, 6.07) is 17.2. The number of likely N-dealkylation sites (tertiary alicyclic amines) is 1. The molecule has 1 fully saturated rings. The molecule has 0 aliphatic carbocycles. The van der Waals surface area contributed by atoms with Crippen LogP contribution >= 0.6 is 0 Å². The molecule has 0 radical (unpaired) electrons. The molecule has 1 aromatic heterocycles. The number of nitrogens with one attached hydrogen (secondary N) is 1. The molecule has 5 heteroatoms.